The number of amides is 2. The van der Waals surface area contributed by atoms with Crippen LogP contribution < -0.4 is 16.4 Å². The maximum atomic E-state index is 11.9. The van der Waals surface area contributed by atoms with Gasteiger partial charge in [0.2, 0.25) is 11.8 Å². The van der Waals surface area contributed by atoms with Crippen LogP contribution in [0.4, 0.5) is 0 Å². The fourth-order valence-electron chi connectivity index (χ4n) is 2.28. The molecular formula is C12H23N3O2. The lowest BCUT2D eigenvalue weighted by molar-refractivity contribution is -0.128. The maximum Gasteiger partial charge on any atom is 0.223 e. The standard InChI is InChI=1S/C12H23N3O2/c1-8-3-4-10(13)7-11(8)12(17)15-6-5-14-9(2)16/h8,10-11H,3-7,13H2,1-2H3,(H,14,16)(H,15,17). The molecule has 3 atom stereocenters. The van der Waals surface area contributed by atoms with Crippen LogP contribution in [-0.2, 0) is 9.59 Å². The molecule has 1 fully saturated rings. The molecule has 1 aliphatic carbocycles. The number of hydrogen-bond acceptors (Lipinski definition) is 3. The summed E-state index contributed by atoms with van der Waals surface area (Å²) >= 11 is 0. The molecule has 17 heavy (non-hydrogen) atoms. The molecule has 0 bridgehead atoms. The fourth-order valence-corrected chi connectivity index (χ4v) is 2.28. The topological polar surface area (TPSA) is 84.2 Å². The van der Waals surface area contributed by atoms with Crippen molar-refractivity contribution in [3.8, 4) is 0 Å². The largest absolute Gasteiger partial charge is 0.355 e. The number of rotatable bonds is 4. The molecule has 1 saturated carbocycles. The number of carbonyl (C=O) groups is 2. The number of nitrogens with one attached hydrogen (secondary N) is 2. The van der Waals surface area contributed by atoms with Gasteiger partial charge in [-0.2, -0.15) is 0 Å². The summed E-state index contributed by atoms with van der Waals surface area (Å²) in [6.07, 6.45) is 2.80. The van der Waals surface area contributed by atoms with E-state index in [9.17, 15) is 9.59 Å². The lowest BCUT2D eigenvalue weighted by Crippen LogP contribution is -2.43. The van der Waals surface area contributed by atoms with E-state index >= 15 is 0 Å². The highest BCUT2D eigenvalue weighted by molar-refractivity contribution is 5.79. The first-order valence-corrected chi connectivity index (χ1v) is 6.28. The van der Waals surface area contributed by atoms with E-state index in [1.165, 1.54) is 6.92 Å². The van der Waals surface area contributed by atoms with Crippen LogP contribution in [0.2, 0.25) is 0 Å². The Morgan fingerprint density at radius 2 is 1.88 bits per heavy atom. The van der Waals surface area contributed by atoms with Gasteiger partial charge < -0.3 is 16.4 Å². The van der Waals surface area contributed by atoms with Crippen LogP contribution >= 0.6 is 0 Å². The van der Waals surface area contributed by atoms with Gasteiger partial charge in [-0.1, -0.05) is 6.92 Å². The zero-order valence-corrected chi connectivity index (χ0v) is 10.7. The van der Waals surface area contributed by atoms with Crippen molar-refractivity contribution >= 4 is 11.8 Å². The quantitative estimate of drug-likeness (QED) is 0.606. The van der Waals surface area contributed by atoms with Gasteiger partial charge in [0.25, 0.3) is 0 Å². The minimum atomic E-state index is -0.0766. The molecule has 98 valence electrons. The fraction of sp³-hybridized carbons (Fsp3) is 0.833. The predicted molar refractivity (Wildman–Crippen MR) is 66.2 cm³/mol. The van der Waals surface area contributed by atoms with E-state index in [0.717, 1.165) is 19.3 Å². The molecule has 1 aliphatic rings. The Bertz CT molecular complexity index is 281. The normalized spacial score (nSPS) is 28.5. The van der Waals surface area contributed by atoms with E-state index in [1.807, 2.05) is 0 Å². The maximum absolute atomic E-state index is 11.9. The SMILES string of the molecule is CC(=O)NCCNC(=O)C1CC(N)CCC1C. The molecule has 5 heteroatoms. The van der Waals surface area contributed by atoms with Crippen LogP contribution in [0.3, 0.4) is 0 Å². The average molecular weight is 241 g/mol. The highest BCUT2D eigenvalue weighted by atomic mass is 16.2. The summed E-state index contributed by atoms with van der Waals surface area (Å²) in [5, 5.41) is 5.49. The van der Waals surface area contributed by atoms with Gasteiger partial charge in [-0.15, -0.1) is 0 Å². The van der Waals surface area contributed by atoms with Gasteiger partial charge >= 0.3 is 0 Å². The van der Waals surface area contributed by atoms with Crippen molar-refractivity contribution in [1.29, 1.82) is 0 Å². The first kappa shape index (κ1) is 14.0. The van der Waals surface area contributed by atoms with E-state index in [2.05, 4.69) is 17.6 Å². The average Bonchev–Trinajstić information content (AvgIpc) is 2.27. The van der Waals surface area contributed by atoms with Gasteiger partial charge in [-0.3, -0.25) is 9.59 Å². The van der Waals surface area contributed by atoms with Crippen molar-refractivity contribution < 1.29 is 9.59 Å². The number of nitrogens with two attached hydrogens (primary N) is 1. The lowest BCUT2D eigenvalue weighted by atomic mass is 9.78. The highest BCUT2D eigenvalue weighted by Gasteiger charge is 2.30. The van der Waals surface area contributed by atoms with Crippen LogP contribution in [0, 0.1) is 11.8 Å². The third-order valence-electron chi connectivity index (χ3n) is 3.37. The first-order valence-electron chi connectivity index (χ1n) is 6.28. The van der Waals surface area contributed by atoms with E-state index in [4.69, 9.17) is 5.73 Å². The van der Waals surface area contributed by atoms with Crippen LogP contribution in [0.5, 0.6) is 0 Å². The molecule has 1 rings (SSSR count). The van der Waals surface area contributed by atoms with Gasteiger partial charge in [0, 0.05) is 32.0 Å². The van der Waals surface area contributed by atoms with E-state index in [-0.39, 0.29) is 23.8 Å². The third-order valence-corrected chi connectivity index (χ3v) is 3.37. The van der Waals surface area contributed by atoms with E-state index in [0.29, 0.717) is 19.0 Å². The molecule has 0 aromatic rings. The summed E-state index contributed by atoms with van der Waals surface area (Å²) in [4.78, 5) is 22.6. The molecule has 5 nitrogen and oxygen atoms in total. The van der Waals surface area contributed by atoms with Crippen molar-refractivity contribution in [2.24, 2.45) is 17.6 Å². The Balaban J connectivity index is 2.28. The van der Waals surface area contributed by atoms with Crippen LogP contribution in [0.15, 0.2) is 0 Å². The van der Waals surface area contributed by atoms with Gasteiger partial charge in [-0.05, 0) is 25.2 Å². The molecule has 3 unspecified atom stereocenters. The Labute approximate surface area is 103 Å². The minimum absolute atomic E-state index is 0.0241. The molecule has 2 amide bonds. The number of carbonyl (C=O) groups excluding carboxylic acids is 2. The Morgan fingerprint density at radius 3 is 2.53 bits per heavy atom. The van der Waals surface area contributed by atoms with Crippen molar-refractivity contribution in [2.75, 3.05) is 13.1 Å². The molecule has 0 aromatic heterocycles. The molecule has 0 radical (unpaired) electrons. The van der Waals surface area contributed by atoms with Crippen molar-refractivity contribution in [3.63, 3.8) is 0 Å². The second kappa shape index (κ2) is 6.59. The molecule has 0 heterocycles. The van der Waals surface area contributed by atoms with Crippen LogP contribution in [-0.4, -0.2) is 30.9 Å². The Morgan fingerprint density at radius 1 is 1.24 bits per heavy atom. The smallest absolute Gasteiger partial charge is 0.223 e. The van der Waals surface area contributed by atoms with Crippen molar-refractivity contribution in [2.45, 2.75) is 39.2 Å². The third kappa shape index (κ3) is 4.73. The molecule has 0 saturated heterocycles. The summed E-state index contributed by atoms with van der Waals surface area (Å²) in [5.74, 6) is 0.414. The number of hydrogen-bond donors (Lipinski definition) is 3. The summed E-state index contributed by atoms with van der Waals surface area (Å²) in [5.41, 5.74) is 5.88. The van der Waals surface area contributed by atoms with Crippen LogP contribution in [0.1, 0.15) is 33.1 Å². The van der Waals surface area contributed by atoms with Crippen LogP contribution in [0.25, 0.3) is 0 Å². The zero-order valence-electron chi connectivity index (χ0n) is 10.7. The van der Waals surface area contributed by atoms with Gasteiger partial charge in [0.05, 0.1) is 0 Å². The Hall–Kier alpha value is -1.10. The predicted octanol–water partition coefficient (Wildman–Crippen LogP) is 0.00220. The second-order valence-corrected chi connectivity index (χ2v) is 4.93. The first-order chi connectivity index (χ1) is 8.00. The monoisotopic (exact) mass is 241 g/mol. The van der Waals surface area contributed by atoms with E-state index < -0.39 is 0 Å². The summed E-state index contributed by atoms with van der Waals surface area (Å²) in [6.45, 7) is 4.53. The zero-order chi connectivity index (χ0) is 12.8. The molecule has 0 spiro atoms. The van der Waals surface area contributed by atoms with Crippen molar-refractivity contribution in [1.82, 2.24) is 10.6 Å². The molecule has 0 aliphatic heterocycles. The second-order valence-electron chi connectivity index (χ2n) is 4.93. The Kier molecular flexibility index (Phi) is 5.41. The summed E-state index contributed by atoms with van der Waals surface area (Å²) in [6, 6.07) is 0.150. The summed E-state index contributed by atoms with van der Waals surface area (Å²) < 4.78 is 0. The van der Waals surface area contributed by atoms with Gasteiger partial charge in [0.15, 0.2) is 0 Å². The molecule has 0 aromatic carbocycles. The molecular weight excluding hydrogens is 218 g/mol. The van der Waals surface area contributed by atoms with Crippen molar-refractivity contribution in [3.05, 3.63) is 0 Å². The highest BCUT2D eigenvalue weighted by Crippen LogP contribution is 2.28. The van der Waals surface area contributed by atoms with Gasteiger partial charge in [-0.25, -0.2) is 0 Å². The molecule has 4 N–H and O–H groups in total. The summed E-state index contributed by atoms with van der Waals surface area (Å²) in [7, 11) is 0. The minimum Gasteiger partial charge on any atom is -0.355 e. The van der Waals surface area contributed by atoms with E-state index in [1.54, 1.807) is 0 Å². The van der Waals surface area contributed by atoms with Gasteiger partial charge in [0.1, 0.15) is 0 Å². The lowest BCUT2D eigenvalue weighted by Gasteiger charge is -2.31.